The van der Waals surface area contributed by atoms with E-state index in [1.165, 1.54) is 6.20 Å². The van der Waals surface area contributed by atoms with Crippen molar-refractivity contribution in [1.29, 1.82) is 0 Å². The number of piperidine rings is 1. The van der Waals surface area contributed by atoms with E-state index in [1.54, 1.807) is 16.6 Å². The first-order valence-electron chi connectivity index (χ1n) is 5.64. The minimum atomic E-state index is -3.39. The molecule has 1 aliphatic rings. The maximum Gasteiger partial charge on any atom is 0.244 e. The number of sulfonamides is 1. The van der Waals surface area contributed by atoms with Crippen LogP contribution in [0, 0.1) is 0 Å². The average molecular weight is 319 g/mol. The Hall–Kier alpha value is -0.460. The lowest BCUT2D eigenvalue weighted by Gasteiger charge is -2.32. The van der Waals surface area contributed by atoms with Gasteiger partial charge in [-0.15, -0.1) is 0 Å². The predicted molar refractivity (Wildman–Crippen MR) is 69.1 cm³/mol. The molecule has 0 spiro atoms. The van der Waals surface area contributed by atoms with Crippen LogP contribution < -0.4 is 0 Å². The van der Waals surface area contributed by atoms with Gasteiger partial charge in [-0.25, -0.2) is 8.42 Å². The fourth-order valence-corrected chi connectivity index (χ4v) is 4.30. The van der Waals surface area contributed by atoms with Gasteiger partial charge in [0.2, 0.25) is 10.0 Å². The van der Waals surface area contributed by atoms with Crippen LogP contribution in [0.4, 0.5) is 0 Å². The van der Waals surface area contributed by atoms with Crippen LogP contribution in [0.5, 0.6) is 0 Å². The first kappa shape index (κ1) is 13.0. The molecule has 0 saturated carbocycles. The van der Waals surface area contributed by atoms with Crippen molar-refractivity contribution in [2.24, 2.45) is 0 Å². The lowest BCUT2D eigenvalue weighted by Crippen LogP contribution is -2.41. The molecule has 1 fully saturated rings. The fourth-order valence-electron chi connectivity index (χ4n) is 2.10. The molecule has 0 N–H and O–H groups in total. The van der Waals surface area contributed by atoms with Crippen molar-refractivity contribution in [3.05, 3.63) is 22.9 Å². The molecule has 1 aliphatic heterocycles. The maximum absolute atomic E-state index is 12.4. The summed E-state index contributed by atoms with van der Waals surface area (Å²) in [7, 11) is -3.39. The van der Waals surface area contributed by atoms with Gasteiger partial charge in [0.05, 0.1) is 0 Å². The third-order valence-corrected chi connectivity index (χ3v) is 5.44. The summed E-state index contributed by atoms with van der Waals surface area (Å²) in [5.41, 5.74) is 0. The minimum Gasteiger partial charge on any atom is -0.262 e. The molecule has 1 saturated heterocycles. The van der Waals surface area contributed by atoms with E-state index >= 15 is 0 Å². The number of nitrogens with zero attached hydrogens (tertiary/aromatic N) is 2. The highest BCUT2D eigenvalue weighted by molar-refractivity contribution is 9.10. The monoisotopic (exact) mass is 318 g/mol. The maximum atomic E-state index is 12.4. The molecule has 0 bridgehead atoms. The molecule has 17 heavy (non-hydrogen) atoms. The molecule has 1 aromatic rings. The summed E-state index contributed by atoms with van der Waals surface area (Å²) in [5, 5.41) is 0. The Morgan fingerprint density at radius 2 is 2.18 bits per heavy atom. The molecular weight excluding hydrogens is 304 g/mol. The van der Waals surface area contributed by atoms with Crippen LogP contribution in [0.25, 0.3) is 0 Å². The second-order valence-electron chi connectivity index (χ2n) is 4.30. The van der Waals surface area contributed by atoms with Crippen molar-refractivity contribution >= 4 is 26.0 Å². The number of aromatic nitrogens is 1. The first-order valence-corrected chi connectivity index (χ1v) is 7.87. The van der Waals surface area contributed by atoms with Crippen LogP contribution in [-0.4, -0.2) is 30.3 Å². The van der Waals surface area contributed by atoms with Crippen LogP contribution in [0.15, 0.2) is 27.8 Å². The van der Waals surface area contributed by atoms with E-state index < -0.39 is 10.0 Å². The average Bonchev–Trinajstić information content (AvgIpc) is 2.29. The Bertz CT molecular complexity index is 504. The predicted octanol–water partition coefficient (Wildman–Crippen LogP) is 2.41. The minimum absolute atomic E-state index is 0.0766. The molecule has 0 aliphatic carbocycles. The van der Waals surface area contributed by atoms with Crippen LogP contribution in [0.2, 0.25) is 0 Å². The molecule has 6 heteroatoms. The summed E-state index contributed by atoms with van der Waals surface area (Å²) in [4.78, 5) is 4.18. The Kier molecular flexibility index (Phi) is 3.85. The SMILES string of the molecule is C[C@@H]1CCCCN1S(=O)(=O)c1cncc(Br)c1. The van der Waals surface area contributed by atoms with E-state index in [-0.39, 0.29) is 10.9 Å². The number of hydrogen-bond acceptors (Lipinski definition) is 3. The molecule has 2 rings (SSSR count). The highest BCUT2D eigenvalue weighted by Crippen LogP contribution is 2.25. The normalized spacial score (nSPS) is 22.6. The van der Waals surface area contributed by atoms with Crippen LogP contribution in [-0.2, 0) is 10.0 Å². The van der Waals surface area contributed by atoms with Crippen LogP contribution in [0.1, 0.15) is 26.2 Å². The van der Waals surface area contributed by atoms with E-state index in [9.17, 15) is 8.42 Å². The largest absolute Gasteiger partial charge is 0.262 e. The standard InChI is InChI=1S/C11H15BrN2O2S/c1-9-4-2-3-5-14(9)17(15,16)11-6-10(12)7-13-8-11/h6-9H,2-5H2,1H3/t9-/m1/s1. The Morgan fingerprint density at radius 3 is 2.82 bits per heavy atom. The van der Waals surface area contributed by atoms with Gasteiger partial charge in [-0.05, 0) is 41.8 Å². The lowest BCUT2D eigenvalue weighted by molar-refractivity contribution is 0.268. The zero-order valence-electron chi connectivity index (χ0n) is 9.63. The number of pyridine rings is 1. The number of rotatable bonds is 2. The van der Waals surface area contributed by atoms with Crippen LogP contribution in [0.3, 0.4) is 0 Å². The van der Waals surface area contributed by atoms with Gasteiger partial charge >= 0.3 is 0 Å². The second-order valence-corrected chi connectivity index (χ2v) is 7.11. The van der Waals surface area contributed by atoms with Gasteiger partial charge < -0.3 is 0 Å². The van der Waals surface area contributed by atoms with Gasteiger partial charge in [-0.1, -0.05) is 6.42 Å². The molecule has 1 aromatic heterocycles. The van der Waals surface area contributed by atoms with Crippen molar-refractivity contribution in [3.63, 3.8) is 0 Å². The molecule has 0 radical (unpaired) electrons. The zero-order chi connectivity index (χ0) is 12.5. The van der Waals surface area contributed by atoms with Crippen molar-refractivity contribution in [2.45, 2.75) is 37.1 Å². The topological polar surface area (TPSA) is 50.3 Å². The van der Waals surface area contributed by atoms with Gasteiger partial charge in [-0.3, -0.25) is 4.98 Å². The van der Waals surface area contributed by atoms with E-state index in [1.807, 2.05) is 6.92 Å². The molecule has 4 nitrogen and oxygen atoms in total. The van der Waals surface area contributed by atoms with E-state index in [2.05, 4.69) is 20.9 Å². The third kappa shape index (κ3) is 2.69. The van der Waals surface area contributed by atoms with E-state index in [4.69, 9.17) is 0 Å². The molecule has 2 heterocycles. The van der Waals surface area contributed by atoms with Crippen LogP contribution >= 0.6 is 15.9 Å². The Morgan fingerprint density at radius 1 is 1.41 bits per heavy atom. The van der Waals surface area contributed by atoms with Gasteiger partial charge in [0, 0.05) is 29.5 Å². The molecular formula is C11H15BrN2O2S. The Balaban J connectivity index is 2.35. The second kappa shape index (κ2) is 5.04. The summed E-state index contributed by atoms with van der Waals surface area (Å²) >= 11 is 3.25. The summed E-state index contributed by atoms with van der Waals surface area (Å²) in [5.74, 6) is 0. The first-order chi connectivity index (χ1) is 8.01. The summed E-state index contributed by atoms with van der Waals surface area (Å²) < 4.78 is 27.1. The van der Waals surface area contributed by atoms with Gasteiger partial charge in [0.25, 0.3) is 0 Å². The molecule has 0 unspecified atom stereocenters. The van der Waals surface area contributed by atoms with Gasteiger partial charge in [0.1, 0.15) is 4.90 Å². The number of halogens is 1. The van der Waals surface area contributed by atoms with Crippen molar-refractivity contribution < 1.29 is 8.42 Å². The zero-order valence-corrected chi connectivity index (χ0v) is 12.0. The summed E-state index contributed by atoms with van der Waals surface area (Å²) in [6.45, 7) is 2.57. The van der Waals surface area contributed by atoms with E-state index in [0.29, 0.717) is 11.0 Å². The third-order valence-electron chi connectivity index (χ3n) is 3.03. The Labute approximate surface area is 110 Å². The van der Waals surface area contributed by atoms with Crippen molar-refractivity contribution in [2.75, 3.05) is 6.54 Å². The molecule has 1 atom stereocenters. The summed E-state index contributed by atoms with van der Waals surface area (Å²) in [6, 6.07) is 1.68. The highest BCUT2D eigenvalue weighted by Gasteiger charge is 2.31. The number of hydrogen-bond donors (Lipinski definition) is 0. The fraction of sp³-hybridized carbons (Fsp3) is 0.545. The van der Waals surface area contributed by atoms with Crippen molar-refractivity contribution in [1.82, 2.24) is 9.29 Å². The van der Waals surface area contributed by atoms with Crippen molar-refractivity contribution in [3.8, 4) is 0 Å². The summed E-state index contributed by atoms with van der Waals surface area (Å²) in [6.07, 6.45) is 5.95. The molecule has 94 valence electrons. The van der Waals surface area contributed by atoms with Gasteiger partial charge in [-0.2, -0.15) is 4.31 Å². The smallest absolute Gasteiger partial charge is 0.244 e. The quantitative estimate of drug-likeness (QED) is 0.841. The van der Waals surface area contributed by atoms with E-state index in [0.717, 1.165) is 19.3 Å². The molecule has 0 amide bonds. The lowest BCUT2D eigenvalue weighted by atomic mass is 10.1. The highest BCUT2D eigenvalue weighted by atomic mass is 79.9. The van der Waals surface area contributed by atoms with Gasteiger partial charge in [0.15, 0.2) is 0 Å². The molecule has 0 aromatic carbocycles.